The number of hydrogen-bond acceptors (Lipinski definition) is 2. The van der Waals surface area contributed by atoms with Gasteiger partial charge in [-0.3, -0.25) is 9.97 Å². The van der Waals surface area contributed by atoms with Crippen LogP contribution in [0.5, 0.6) is 0 Å². The highest BCUT2D eigenvalue weighted by Crippen LogP contribution is 2.35. The van der Waals surface area contributed by atoms with E-state index in [1.54, 1.807) is 0 Å². The van der Waals surface area contributed by atoms with E-state index in [2.05, 4.69) is 83.6 Å². The number of fused-ring (bicyclic) bond motifs is 1. The van der Waals surface area contributed by atoms with Gasteiger partial charge in [0.05, 0.1) is 11.4 Å². The minimum Gasteiger partial charge on any atom is -0.256 e. The first kappa shape index (κ1) is 17.3. The molecule has 0 bridgehead atoms. The largest absolute Gasteiger partial charge is 0.256 e. The van der Waals surface area contributed by atoms with Gasteiger partial charge >= 0.3 is 0 Å². The van der Waals surface area contributed by atoms with Crippen LogP contribution in [0.15, 0.2) is 103 Å². The summed E-state index contributed by atoms with van der Waals surface area (Å²) in [6.45, 7) is 2.16. The van der Waals surface area contributed by atoms with Crippen molar-refractivity contribution >= 4 is 10.8 Å². The first-order valence-electron chi connectivity index (χ1n) is 9.76. The van der Waals surface area contributed by atoms with Crippen LogP contribution in [0.3, 0.4) is 0 Å². The maximum absolute atomic E-state index is 4.57. The Bertz CT molecular complexity index is 1230. The Labute approximate surface area is 170 Å². The quantitative estimate of drug-likeness (QED) is 0.343. The first-order chi connectivity index (χ1) is 14.3. The van der Waals surface area contributed by atoms with E-state index in [4.69, 9.17) is 0 Å². The normalized spacial score (nSPS) is 10.9. The Morgan fingerprint density at radius 3 is 1.66 bits per heavy atom. The Hall–Kier alpha value is -3.78. The topological polar surface area (TPSA) is 25.8 Å². The zero-order valence-corrected chi connectivity index (χ0v) is 16.2. The monoisotopic (exact) mass is 372 g/mol. The lowest BCUT2D eigenvalue weighted by molar-refractivity contribution is 1.31. The van der Waals surface area contributed by atoms with Crippen LogP contribution in [0.25, 0.3) is 44.4 Å². The number of benzene rings is 3. The summed E-state index contributed by atoms with van der Waals surface area (Å²) in [7, 11) is 0. The predicted molar refractivity (Wildman–Crippen MR) is 121 cm³/mol. The molecule has 29 heavy (non-hydrogen) atoms. The summed E-state index contributed by atoms with van der Waals surface area (Å²) in [5, 5.41) is 2.55. The number of aromatic nitrogens is 2. The number of pyridine rings is 2. The standard InChI is InChI=1S/C27H20N2/c1-19-12-13-24(25-9-3-2-8-23(19)25)20-16-21(26-10-4-6-14-28-26)18-22(17-20)27-11-5-7-15-29-27/h2-18H,1H3. The lowest BCUT2D eigenvalue weighted by atomic mass is 9.92. The molecule has 5 aromatic rings. The van der Waals surface area contributed by atoms with Crippen molar-refractivity contribution in [1.29, 1.82) is 0 Å². The SMILES string of the molecule is Cc1ccc(-c2cc(-c3ccccn3)cc(-c3ccccn3)c2)c2ccccc12. The number of aryl methyl sites for hydroxylation is 1. The van der Waals surface area contributed by atoms with Gasteiger partial charge in [0.2, 0.25) is 0 Å². The van der Waals surface area contributed by atoms with Crippen LogP contribution in [0.4, 0.5) is 0 Å². The van der Waals surface area contributed by atoms with Gasteiger partial charge in [0, 0.05) is 23.5 Å². The Morgan fingerprint density at radius 2 is 1.07 bits per heavy atom. The second-order valence-electron chi connectivity index (χ2n) is 7.20. The van der Waals surface area contributed by atoms with Crippen LogP contribution < -0.4 is 0 Å². The Morgan fingerprint density at radius 1 is 0.517 bits per heavy atom. The molecule has 0 aliphatic rings. The van der Waals surface area contributed by atoms with E-state index < -0.39 is 0 Å². The Balaban J connectivity index is 1.79. The molecule has 2 aromatic heterocycles. The van der Waals surface area contributed by atoms with E-state index in [0.717, 1.165) is 22.5 Å². The van der Waals surface area contributed by atoms with Crippen molar-refractivity contribution < 1.29 is 0 Å². The minimum absolute atomic E-state index is 0.961. The summed E-state index contributed by atoms with van der Waals surface area (Å²) in [6.07, 6.45) is 3.67. The van der Waals surface area contributed by atoms with Gasteiger partial charge in [-0.1, -0.05) is 48.5 Å². The van der Waals surface area contributed by atoms with Gasteiger partial charge in [0.15, 0.2) is 0 Å². The molecule has 0 spiro atoms. The summed E-state index contributed by atoms with van der Waals surface area (Å²) in [6, 6.07) is 31.7. The lowest BCUT2D eigenvalue weighted by Gasteiger charge is -2.13. The molecule has 0 aliphatic carbocycles. The van der Waals surface area contributed by atoms with Gasteiger partial charge in [-0.05, 0) is 76.9 Å². The van der Waals surface area contributed by atoms with Crippen LogP contribution in [0.1, 0.15) is 5.56 Å². The summed E-state index contributed by atoms with van der Waals surface area (Å²) < 4.78 is 0. The molecule has 0 fully saturated rings. The zero-order chi connectivity index (χ0) is 19.6. The molecule has 0 amide bonds. The van der Waals surface area contributed by atoms with E-state index in [1.807, 2.05) is 36.7 Å². The van der Waals surface area contributed by atoms with Crippen LogP contribution >= 0.6 is 0 Å². The second kappa shape index (κ2) is 7.33. The molecule has 138 valence electrons. The van der Waals surface area contributed by atoms with Crippen molar-refractivity contribution in [3.8, 4) is 33.6 Å². The van der Waals surface area contributed by atoms with Crippen LogP contribution in [0.2, 0.25) is 0 Å². The molecule has 5 rings (SSSR count). The molecule has 0 radical (unpaired) electrons. The maximum Gasteiger partial charge on any atom is 0.0702 e. The van der Waals surface area contributed by atoms with Crippen molar-refractivity contribution in [3.05, 3.63) is 109 Å². The molecule has 2 heteroatoms. The van der Waals surface area contributed by atoms with Crippen LogP contribution in [0, 0.1) is 6.92 Å². The van der Waals surface area contributed by atoms with Gasteiger partial charge in [-0.15, -0.1) is 0 Å². The van der Waals surface area contributed by atoms with E-state index in [0.29, 0.717) is 0 Å². The summed E-state index contributed by atoms with van der Waals surface area (Å²) in [5.41, 5.74) is 7.79. The molecule has 0 saturated carbocycles. The van der Waals surface area contributed by atoms with E-state index in [9.17, 15) is 0 Å². The van der Waals surface area contributed by atoms with Gasteiger partial charge in [-0.2, -0.15) is 0 Å². The van der Waals surface area contributed by atoms with Crippen molar-refractivity contribution in [2.45, 2.75) is 6.92 Å². The highest BCUT2D eigenvalue weighted by molar-refractivity contribution is 5.99. The molecular weight excluding hydrogens is 352 g/mol. The average molecular weight is 372 g/mol. The highest BCUT2D eigenvalue weighted by atomic mass is 14.7. The summed E-state index contributed by atoms with van der Waals surface area (Å²) >= 11 is 0. The molecular formula is C27H20N2. The lowest BCUT2D eigenvalue weighted by Crippen LogP contribution is -1.90. The third-order valence-electron chi connectivity index (χ3n) is 5.31. The summed E-state index contributed by atoms with van der Waals surface area (Å²) in [4.78, 5) is 9.15. The molecule has 2 nitrogen and oxygen atoms in total. The molecule has 0 unspecified atom stereocenters. The highest BCUT2D eigenvalue weighted by Gasteiger charge is 2.11. The van der Waals surface area contributed by atoms with Crippen molar-refractivity contribution in [3.63, 3.8) is 0 Å². The maximum atomic E-state index is 4.57. The number of hydrogen-bond donors (Lipinski definition) is 0. The third kappa shape index (κ3) is 3.30. The van der Waals surface area contributed by atoms with Crippen molar-refractivity contribution in [2.75, 3.05) is 0 Å². The van der Waals surface area contributed by atoms with E-state index >= 15 is 0 Å². The molecule has 0 N–H and O–H groups in total. The average Bonchev–Trinajstić information content (AvgIpc) is 2.80. The molecule has 3 aromatic carbocycles. The first-order valence-corrected chi connectivity index (χ1v) is 9.76. The molecule has 2 heterocycles. The van der Waals surface area contributed by atoms with Crippen LogP contribution in [-0.2, 0) is 0 Å². The fraction of sp³-hybridized carbons (Fsp3) is 0.0370. The fourth-order valence-electron chi connectivity index (χ4n) is 3.85. The molecule has 0 saturated heterocycles. The predicted octanol–water partition coefficient (Wildman–Crippen LogP) is 6.94. The van der Waals surface area contributed by atoms with Gasteiger partial charge < -0.3 is 0 Å². The summed E-state index contributed by atoms with van der Waals surface area (Å²) in [5.74, 6) is 0. The van der Waals surface area contributed by atoms with Gasteiger partial charge in [0.25, 0.3) is 0 Å². The molecule has 0 aliphatic heterocycles. The number of nitrogens with zero attached hydrogens (tertiary/aromatic N) is 2. The van der Waals surface area contributed by atoms with E-state index in [1.165, 1.54) is 27.5 Å². The molecule has 0 atom stereocenters. The van der Waals surface area contributed by atoms with Crippen molar-refractivity contribution in [1.82, 2.24) is 9.97 Å². The smallest absolute Gasteiger partial charge is 0.0702 e. The van der Waals surface area contributed by atoms with E-state index in [-0.39, 0.29) is 0 Å². The fourth-order valence-corrected chi connectivity index (χ4v) is 3.85. The second-order valence-corrected chi connectivity index (χ2v) is 7.20. The minimum atomic E-state index is 0.961. The van der Waals surface area contributed by atoms with Gasteiger partial charge in [0.1, 0.15) is 0 Å². The number of rotatable bonds is 3. The van der Waals surface area contributed by atoms with Crippen molar-refractivity contribution in [2.24, 2.45) is 0 Å². The van der Waals surface area contributed by atoms with Gasteiger partial charge in [-0.25, -0.2) is 0 Å². The zero-order valence-electron chi connectivity index (χ0n) is 16.2. The third-order valence-corrected chi connectivity index (χ3v) is 5.31. The van der Waals surface area contributed by atoms with Crippen LogP contribution in [-0.4, -0.2) is 9.97 Å². The Kier molecular flexibility index (Phi) is 4.38.